The summed E-state index contributed by atoms with van der Waals surface area (Å²) in [4.78, 5) is 22.3. The van der Waals surface area contributed by atoms with Crippen molar-refractivity contribution in [2.75, 3.05) is 31.6 Å². The summed E-state index contributed by atoms with van der Waals surface area (Å²) in [6.45, 7) is 2.41. The second kappa shape index (κ2) is 8.53. The lowest BCUT2D eigenvalue weighted by Gasteiger charge is -2.31. The van der Waals surface area contributed by atoms with E-state index >= 15 is 0 Å². The van der Waals surface area contributed by atoms with Crippen LogP contribution in [0.4, 0.5) is 10.1 Å². The molecule has 1 N–H and O–H groups in total. The number of nitrogens with one attached hydrogen (secondary N) is 1. The molecule has 0 spiro atoms. The molecular formula is C18H21FN4O2. The molecule has 7 heteroatoms. The number of aromatic nitrogens is 2. The Kier molecular flexibility index (Phi) is 5.90. The first kappa shape index (κ1) is 17.3. The second-order valence-electron chi connectivity index (χ2n) is 6.13. The molecule has 2 heterocycles. The van der Waals surface area contributed by atoms with Crippen LogP contribution >= 0.6 is 0 Å². The highest BCUT2D eigenvalue weighted by Crippen LogP contribution is 2.18. The molecule has 6 nitrogen and oxygen atoms in total. The molecule has 1 aliphatic heterocycles. The molecule has 0 bridgehead atoms. The molecule has 3 rings (SSSR count). The van der Waals surface area contributed by atoms with Gasteiger partial charge in [-0.2, -0.15) is 0 Å². The van der Waals surface area contributed by atoms with E-state index in [1.807, 2.05) is 0 Å². The lowest BCUT2D eigenvalue weighted by atomic mass is 9.99. The van der Waals surface area contributed by atoms with Crippen molar-refractivity contribution < 1.29 is 13.9 Å². The minimum Gasteiger partial charge on any atom is -0.476 e. The average Bonchev–Trinajstić information content (AvgIpc) is 2.63. The number of likely N-dealkylation sites (tertiary alicyclic amines) is 1. The van der Waals surface area contributed by atoms with Crippen molar-refractivity contribution in [2.24, 2.45) is 5.92 Å². The molecule has 1 aromatic carbocycles. The van der Waals surface area contributed by atoms with Crippen LogP contribution in [-0.4, -0.2) is 47.0 Å². The Morgan fingerprint density at radius 3 is 3.04 bits per heavy atom. The fourth-order valence-electron chi connectivity index (χ4n) is 2.95. The van der Waals surface area contributed by atoms with Crippen molar-refractivity contribution in [1.29, 1.82) is 0 Å². The lowest BCUT2D eigenvalue weighted by Crippen LogP contribution is -2.42. The highest BCUT2D eigenvalue weighted by Gasteiger charge is 2.22. The Labute approximate surface area is 146 Å². The van der Waals surface area contributed by atoms with Gasteiger partial charge in [-0.25, -0.2) is 9.37 Å². The summed E-state index contributed by atoms with van der Waals surface area (Å²) in [5.41, 5.74) is 0.215. The third kappa shape index (κ3) is 5.22. The summed E-state index contributed by atoms with van der Waals surface area (Å²) in [5.74, 6) is 0.208. The predicted molar refractivity (Wildman–Crippen MR) is 91.7 cm³/mol. The van der Waals surface area contributed by atoms with Crippen LogP contribution in [0.25, 0.3) is 0 Å². The van der Waals surface area contributed by atoms with Gasteiger partial charge in [-0.1, -0.05) is 12.1 Å². The van der Waals surface area contributed by atoms with Gasteiger partial charge in [0.15, 0.2) is 0 Å². The van der Waals surface area contributed by atoms with Crippen LogP contribution in [0.2, 0.25) is 0 Å². The highest BCUT2D eigenvalue weighted by atomic mass is 19.1. The van der Waals surface area contributed by atoms with Gasteiger partial charge in [0, 0.05) is 24.9 Å². The third-order valence-electron chi connectivity index (χ3n) is 4.12. The van der Waals surface area contributed by atoms with E-state index in [1.54, 1.807) is 36.8 Å². The quantitative estimate of drug-likeness (QED) is 0.871. The zero-order chi connectivity index (χ0) is 17.5. The molecule has 0 aliphatic carbocycles. The summed E-state index contributed by atoms with van der Waals surface area (Å²) in [6.07, 6.45) is 6.83. The molecule has 1 aliphatic rings. The van der Waals surface area contributed by atoms with Crippen molar-refractivity contribution in [1.82, 2.24) is 14.9 Å². The van der Waals surface area contributed by atoms with Crippen molar-refractivity contribution in [3.63, 3.8) is 0 Å². The van der Waals surface area contributed by atoms with Crippen molar-refractivity contribution >= 4 is 11.6 Å². The zero-order valence-electron chi connectivity index (χ0n) is 13.9. The van der Waals surface area contributed by atoms with Gasteiger partial charge in [0.2, 0.25) is 11.8 Å². The van der Waals surface area contributed by atoms with Gasteiger partial charge in [0.1, 0.15) is 5.82 Å². The number of ether oxygens (including phenoxy) is 1. The number of hydrogen-bond donors (Lipinski definition) is 1. The predicted octanol–water partition coefficient (Wildman–Crippen LogP) is 2.35. The van der Waals surface area contributed by atoms with Gasteiger partial charge >= 0.3 is 0 Å². The molecule has 1 unspecified atom stereocenters. The van der Waals surface area contributed by atoms with Crippen LogP contribution in [0, 0.1) is 11.7 Å². The molecular weight excluding hydrogens is 323 g/mol. The summed E-state index contributed by atoms with van der Waals surface area (Å²) >= 11 is 0. The summed E-state index contributed by atoms with van der Waals surface area (Å²) in [5, 5.41) is 2.63. The van der Waals surface area contributed by atoms with Gasteiger partial charge in [-0.3, -0.25) is 14.7 Å². The number of benzene rings is 1. The molecule has 25 heavy (non-hydrogen) atoms. The number of para-hydroxylation sites is 1. The molecule has 132 valence electrons. The van der Waals surface area contributed by atoms with Gasteiger partial charge in [0.05, 0.1) is 25.0 Å². The van der Waals surface area contributed by atoms with E-state index < -0.39 is 5.82 Å². The number of anilines is 1. The first-order valence-corrected chi connectivity index (χ1v) is 8.36. The number of halogens is 1. The molecule has 1 atom stereocenters. The topological polar surface area (TPSA) is 67.4 Å². The highest BCUT2D eigenvalue weighted by molar-refractivity contribution is 5.92. The minimum atomic E-state index is -0.426. The van der Waals surface area contributed by atoms with E-state index in [4.69, 9.17) is 4.74 Å². The molecule has 0 saturated carbocycles. The molecule has 1 fully saturated rings. The van der Waals surface area contributed by atoms with E-state index in [0.717, 1.165) is 25.9 Å². The van der Waals surface area contributed by atoms with Crippen molar-refractivity contribution in [2.45, 2.75) is 12.8 Å². The number of rotatable bonds is 6. The van der Waals surface area contributed by atoms with E-state index in [-0.39, 0.29) is 18.1 Å². The Morgan fingerprint density at radius 2 is 2.24 bits per heavy atom. The maximum absolute atomic E-state index is 13.6. The second-order valence-corrected chi connectivity index (χ2v) is 6.13. The molecule has 2 aromatic rings. The maximum Gasteiger partial charge on any atom is 0.238 e. The first-order valence-electron chi connectivity index (χ1n) is 8.36. The first-order chi connectivity index (χ1) is 12.2. The zero-order valence-corrected chi connectivity index (χ0v) is 13.9. The Bertz CT molecular complexity index is 698. The van der Waals surface area contributed by atoms with Crippen LogP contribution in [0.1, 0.15) is 12.8 Å². The molecule has 1 amide bonds. The molecule has 0 radical (unpaired) electrons. The van der Waals surface area contributed by atoms with Crippen LogP contribution in [-0.2, 0) is 4.79 Å². The summed E-state index contributed by atoms with van der Waals surface area (Å²) in [7, 11) is 0. The van der Waals surface area contributed by atoms with Crippen LogP contribution in [0.15, 0.2) is 42.9 Å². The van der Waals surface area contributed by atoms with E-state index in [2.05, 4.69) is 20.2 Å². The number of carbonyl (C=O) groups is 1. The average molecular weight is 344 g/mol. The summed E-state index contributed by atoms with van der Waals surface area (Å²) in [6, 6.07) is 6.17. The number of carbonyl (C=O) groups excluding carboxylic acids is 1. The fourth-order valence-corrected chi connectivity index (χ4v) is 2.95. The standard InChI is InChI=1S/C18H21FN4O2/c19-15-5-1-2-6-16(15)22-17(24)12-23-9-3-4-14(11-23)13-25-18-10-20-7-8-21-18/h1-2,5-8,10,14H,3-4,9,11-13H2,(H,22,24). The van der Waals surface area contributed by atoms with Crippen molar-refractivity contribution in [3.05, 3.63) is 48.7 Å². The van der Waals surface area contributed by atoms with Gasteiger partial charge in [-0.05, 0) is 31.5 Å². The normalized spacial score (nSPS) is 17.9. The van der Waals surface area contributed by atoms with Gasteiger partial charge in [0.25, 0.3) is 0 Å². The smallest absolute Gasteiger partial charge is 0.238 e. The number of amides is 1. The number of hydrogen-bond acceptors (Lipinski definition) is 5. The van der Waals surface area contributed by atoms with Crippen molar-refractivity contribution in [3.8, 4) is 5.88 Å². The van der Waals surface area contributed by atoms with Gasteiger partial charge in [-0.15, -0.1) is 0 Å². The SMILES string of the molecule is O=C(CN1CCCC(COc2cnccn2)C1)Nc1ccccc1F. The number of piperidine rings is 1. The summed E-state index contributed by atoms with van der Waals surface area (Å²) < 4.78 is 19.3. The minimum absolute atomic E-state index is 0.208. The van der Waals surface area contributed by atoms with Crippen LogP contribution in [0.5, 0.6) is 5.88 Å². The lowest BCUT2D eigenvalue weighted by molar-refractivity contribution is -0.117. The van der Waals surface area contributed by atoms with Gasteiger partial charge < -0.3 is 10.1 Å². The van der Waals surface area contributed by atoms with E-state index in [9.17, 15) is 9.18 Å². The third-order valence-corrected chi connectivity index (χ3v) is 4.12. The van der Waals surface area contributed by atoms with Crippen LogP contribution in [0.3, 0.4) is 0 Å². The monoisotopic (exact) mass is 344 g/mol. The fraction of sp³-hybridized carbons (Fsp3) is 0.389. The largest absolute Gasteiger partial charge is 0.476 e. The molecule has 1 aromatic heterocycles. The van der Waals surface area contributed by atoms with Crippen LogP contribution < -0.4 is 10.1 Å². The molecule has 1 saturated heterocycles. The Morgan fingerprint density at radius 1 is 1.36 bits per heavy atom. The Balaban J connectivity index is 1.46. The maximum atomic E-state index is 13.6. The number of nitrogens with zero attached hydrogens (tertiary/aromatic N) is 3. The van der Waals surface area contributed by atoms with E-state index in [0.29, 0.717) is 18.4 Å². The van der Waals surface area contributed by atoms with E-state index in [1.165, 1.54) is 6.07 Å². The Hall–Kier alpha value is -2.54.